The first-order valence-electron chi connectivity index (χ1n) is 9.07. The predicted molar refractivity (Wildman–Crippen MR) is 94.8 cm³/mol. The summed E-state index contributed by atoms with van der Waals surface area (Å²) in [5, 5.41) is 7.08. The smallest absolute Gasteiger partial charge is 0.228 e. The Balaban J connectivity index is 1.48. The highest BCUT2D eigenvalue weighted by molar-refractivity contribution is 5.93. The molecule has 3 unspecified atom stereocenters. The van der Waals surface area contributed by atoms with Crippen LogP contribution in [-0.2, 0) is 11.2 Å². The van der Waals surface area contributed by atoms with Crippen LogP contribution >= 0.6 is 0 Å². The van der Waals surface area contributed by atoms with E-state index < -0.39 is 0 Å². The van der Waals surface area contributed by atoms with Crippen molar-refractivity contribution >= 4 is 11.7 Å². The summed E-state index contributed by atoms with van der Waals surface area (Å²) in [5.41, 5.74) is 2.48. The Kier molecular flexibility index (Phi) is 4.13. The van der Waals surface area contributed by atoms with Gasteiger partial charge in [-0.15, -0.1) is 0 Å². The fourth-order valence-electron chi connectivity index (χ4n) is 4.53. The van der Waals surface area contributed by atoms with Crippen LogP contribution in [0.2, 0.25) is 0 Å². The number of rotatable bonds is 5. The van der Waals surface area contributed by atoms with E-state index in [9.17, 15) is 4.79 Å². The summed E-state index contributed by atoms with van der Waals surface area (Å²) in [5.74, 6) is 2.57. The number of anilines is 1. The Morgan fingerprint density at radius 1 is 1.21 bits per heavy atom. The first-order valence-corrected chi connectivity index (χ1v) is 9.07. The average Bonchev–Trinajstić information content (AvgIpc) is 3.33. The summed E-state index contributed by atoms with van der Waals surface area (Å²) in [7, 11) is 0. The molecule has 2 aromatic rings. The van der Waals surface area contributed by atoms with Gasteiger partial charge in [-0.1, -0.05) is 36.2 Å². The number of nitrogens with zero attached hydrogens (tertiary/aromatic N) is 2. The van der Waals surface area contributed by atoms with Crippen molar-refractivity contribution in [3.8, 4) is 0 Å². The first kappa shape index (κ1) is 15.4. The lowest BCUT2D eigenvalue weighted by Crippen LogP contribution is -2.44. The van der Waals surface area contributed by atoms with Crippen LogP contribution in [0, 0.1) is 18.8 Å². The molecule has 1 aromatic heterocycles. The van der Waals surface area contributed by atoms with Gasteiger partial charge in [0.1, 0.15) is 5.82 Å². The highest BCUT2D eigenvalue weighted by atomic mass is 16.2. The zero-order valence-electron chi connectivity index (χ0n) is 14.2. The molecule has 1 amide bonds. The lowest BCUT2D eigenvalue weighted by molar-refractivity contribution is -0.119. The van der Waals surface area contributed by atoms with Crippen molar-refractivity contribution in [1.82, 2.24) is 10.2 Å². The lowest BCUT2D eigenvalue weighted by atomic mass is 9.93. The predicted octanol–water partition coefficient (Wildman–Crippen LogP) is 3.87. The zero-order valence-corrected chi connectivity index (χ0v) is 14.2. The van der Waals surface area contributed by atoms with Crippen molar-refractivity contribution in [1.29, 1.82) is 0 Å². The maximum Gasteiger partial charge on any atom is 0.228 e. The van der Waals surface area contributed by atoms with Crippen LogP contribution in [0.1, 0.15) is 43.2 Å². The standard InChI is InChI=1S/C20H25N3O/c1-14-2-4-15(5-3-14)7-9-20(24)23(19-10-11-21-22-19)18-13-16-6-8-17(18)12-16/h2-5,10-11,16-18H,6-9,12-13H2,1H3,(H,21,22). The third-order valence-corrected chi connectivity index (χ3v) is 5.79. The highest BCUT2D eigenvalue weighted by Crippen LogP contribution is 2.47. The number of aromatic nitrogens is 2. The van der Waals surface area contributed by atoms with Crippen molar-refractivity contribution in [3.05, 3.63) is 47.7 Å². The number of aryl methyl sites for hydroxylation is 2. The largest absolute Gasteiger partial charge is 0.294 e. The van der Waals surface area contributed by atoms with E-state index in [1.807, 2.05) is 11.0 Å². The minimum absolute atomic E-state index is 0.220. The number of hydrogen-bond donors (Lipinski definition) is 1. The Hall–Kier alpha value is -2.10. The van der Waals surface area contributed by atoms with Crippen molar-refractivity contribution in [2.24, 2.45) is 11.8 Å². The molecule has 2 fully saturated rings. The molecule has 4 heteroatoms. The van der Waals surface area contributed by atoms with Gasteiger partial charge in [0.25, 0.3) is 0 Å². The minimum atomic E-state index is 0.220. The summed E-state index contributed by atoms with van der Waals surface area (Å²) in [6.07, 6.45) is 8.14. The fourth-order valence-corrected chi connectivity index (χ4v) is 4.53. The monoisotopic (exact) mass is 323 g/mol. The topological polar surface area (TPSA) is 49.0 Å². The van der Waals surface area contributed by atoms with Gasteiger partial charge in [-0.05, 0) is 50.0 Å². The summed E-state index contributed by atoms with van der Waals surface area (Å²) >= 11 is 0. The molecule has 0 saturated heterocycles. The SMILES string of the molecule is Cc1ccc(CCC(=O)N(c2ccn[nH]2)C2CC3CCC2C3)cc1. The quantitative estimate of drug-likeness (QED) is 0.908. The fraction of sp³-hybridized carbons (Fsp3) is 0.500. The molecule has 2 saturated carbocycles. The number of benzene rings is 1. The van der Waals surface area contributed by atoms with Crippen molar-refractivity contribution in [3.63, 3.8) is 0 Å². The van der Waals surface area contributed by atoms with Crippen LogP contribution in [0.5, 0.6) is 0 Å². The molecule has 4 rings (SSSR count). The van der Waals surface area contributed by atoms with Gasteiger partial charge >= 0.3 is 0 Å². The molecule has 24 heavy (non-hydrogen) atoms. The Morgan fingerprint density at radius 2 is 2.04 bits per heavy atom. The molecule has 0 aliphatic heterocycles. The Bertz CT molecular complexity index is 692. The molecule has 3 atom stereocenters. The average molecular weight is 323 g/mol. The van der Waals surface area contributed by atoms with Gasteiger partial charge in [0.15, 0.2) is 0 Å². The maximum atomic E-state index is 13.0. The number of aromatic amines is 1. The molecule has 0 radical (unpaired) electrons. The van der Waals surface area contributed by atoms with Gasteiger partial charge in [0, 0.05) is 18.5 Å². The van der Waals surface area contributed by atoms with Crippen molar-refractivity contribution in [2.75, 3.05) is 4.90 Å². The molecule has 1 heterocycles. The van der Waals surface area contributed by atoms with Crippen LogP contribution < -0.4 is 4.90 Å². The van der Waals surface area contributed by atoms with Crippen LogP contribution in [-0.4, -0.2) is 22.1 Å². The number of fused-ring (bicyclic) bond motifs is 2. The highest BCUT2D eigenvalue weighted by Gasteiger charge is 2.44. The summed E-state index contributed by atoms with van der Waals surface area (Å²) in [6.45, 7) is 2.09. The van der Waals surface area contributed by atoms with E-state index in [4.69, 9.17) is 0 Å². The van der Waals surface area contributed by atoms with Gasteiger partial charge in [0.05, 0.1) is 6.20 Å². The molecule has 4 nitrogen and oxygen atoms in total. The summed E-state index contributed by atoms with van der Waals surface area (Å²) in [6, 6.07) is 10.8. The first-order chi connectivity index (χ1) is 11.7. The normalized spacial score (nSPS) is 25.1. The molecule has 126 valence electrons. The van der Waals surface area contributed by atoms with Crippen LogP contribution in [0.15, 0.2) is 36.5 Å². The van der Waals surface area contributed by atoms with Crippen LogP contribution in [0.3, 0.4) is 0 Å². The van der Waals surface area contributed by atoms with Crippen molar-refractivity contribution < 1.29 is 4.79 Å². The van der Waals surface area contributed by atoms with E-state index in [0.29, 0.717) is 18.4 Å². The third-order valence-electron chi connectivity index (χ3n) is 5.79. The summed E-state index contributed by atoms with van der Waals surface area (Å²) in [4.78, 5) is 15.0. The molecule has 1 aromatic carbocycles. The van der Waals surface area contributed by atoms with E-state index >= 15 is 0 Å². The van der Waals surface area contributed by atoms with Crippen LogP contribution in [0.25, 0.3) is 0 Å². The maximum absolute atomic E-state index is 13.0. The third kappa shape index (κ3) is 2.97. The molecule has 0 spiro atoms. The molecular weight excluding hydrogens is 298 g/mol. The van der Waals surface area contributed by atoms with E-state index in [0.717, 1.165) is 24.6 Å². The molecule has 2 aliphatic rings. The number of hydrogen-bond acceptors (Lipinski definition) is 2. The second-order valence-corrected chi connectivity index (χ2v) is 7.43. The number of amides is 1. The number of carbonyl (C=O) groups is 1. The second-order valence-electron chi connectivity index (χ2n) is 7.43. The number of nitrogens with one attached hydrogen (secondary N) is 1. The lowest BCUT2D eigenvalue weighted by Gasteiger charge is -2.33. The zero-order chi connectivity index (χ0) is 16.5. The van der Waals surface area contributed by atoms with E-state index in [-0.39, 0.29) is 5.91 Å². The Morgan fingerprint density at radius 3 is 2.67 bits per heavy atom. The van der Waals surface area contributed by atoms with E-state index in [1.165, 1.54) is 30.4 Å². The van der Waals surface area contributed by atoms with Gasteiger partial charge in [-0.3, -0.25) is 14.8 Å². The second kappa shape index (κ2) is 6.42. The molecular formula is C20H25N3O. The van der Waals surface area contributed by atoms with Gasteiger partial charge in [-0.25, -0.2) is 0 Å². The molecule has 2 bridgehead atoms. The molecule has 1 N–H and O–H groups in total. The number of carbonyl (C=O) groups excluding carboxylic acids is 1. The van der Waals surface area contributed by atoms with E-state index in [1.54, 1.807) is 6.20 Å². The van der Waals surface area contributed by atoms with Crippen LogP contribution in [0.4, 0.5) is 5.82 Å². The van der Waals surface area contributed by atoms with Gasteiger partial charge < -0.3 is 0 Å². The minimum Gasteiger partial charge on any atom is -0.294 e. The van der Waals surface area contributed by atoms with Gasteiger partial charge in [-0.2, -0.15) is 5.10 Å². The van der Waals surface area contributed by atoms with E-state index in [2.05, 4.69) is 41.4 Å². The Labute approximate surface area is 143 Å². The van der Waals surface area contributed by atoms with Gasteiger partial charge in [0.2, 0.25) is 5.91 Å². The number of H-pyrrole nitrogens is 1. The molecule has 2 aliphatic carbocycles. The summed E-state index contributed by atoms with van der Waals surface area (Å²) < 4.78 is 0. The van der Waals surface area contributed by atoms with Crippen molar-refractivity contribution in [2.45, 2.75) is 51.5 Å².